The molecular formula is C18H28N10O8. The summed E-state index contributed by atoms with van der Waals surface area (Å²) < 4.78 is 11.8. The lowest BCUT2D eigenvalue weighted by molar-refractivity contribution is -0.108. The number of aliphatic hydroxyl groups excluding tert-OH is 4. The van der Waals surface area contributed by atoms with Gasteiger partial charge in [0.1, 0.15) is 25.3 Å². The van der Waals surface area contributed by atoms with Gasteiger partial charge in [0.05, 0.1) is 26.2 Å². The van der Waals surface area contributed by atoms with Crippen LogP contribution in [-0.4, -0.2) is 95.5 Å². The van der Waals surface area contributed by atoms with Gasteiger partial charge >= 0.3 is 0 Å². The fourth-order valence-electron chi connectivity index (χ4n) is 3.01. The van der Waals surface area contributed by atoms with E-state index in [-0.39, 0.29) is 68.3 Å². The molecule has 0 spiro atoms. The molecule has 18 nitrogen and oxygen atoms in total. The summed E-state index contributed by atoms with van der Waals surface area (Å²) in [5.41, 5.74) is 10.9. The number of aromatic nitrogens is 6. The first kappa shape index (κ1) is 26.8. The highest BCUT2D eigenvalue weighted by Crippen LogP contribution is 2.25. The lowest BCUT2D eigenvalue weighted by atomic mass is 10.4. The smallest absolute Gasteiger partial charge is 0.280 e. The average molecular weight is 512 g/mol. The molecule has 0 saturated carbocycles. The van der Waals surface area contributed by atoms with E-state index in [4.69, 9.17) is 36.3 Å². The van der Waals surface area contributed by atoms with Crippen molar-refractivity contribution in [3.05, 3.63) is 27.0 Å². The quantitative estimate of drug-likeness (QED) is 0.118. The van der Waals surface area contributed by atoms with E-state index in [1.807, 2.05) is 0 Å². The van der Waals surface area contributed by atoms with Crippen LogP contribution in [0.5, 0.6) is 0 Å². The summed E-state index contributed by atoms with van der Waals surface area (Å²) in [6, 6.07) is 0. The molecule has 0 fully saturated rings. The van der Waals surface area contributed by atoms with E-state index >= 15 is 0 Å². The largest absolute Gasteiger partial charge is 0.396 e. The van der Waals surface area contributed by atoms with Crippen molar-refractivity contribution in [3.8, 4) is 0 Å². The van der Waals surface area contributed by atoms with Gasteiger partial charge in [-0.05, 0) is 0 Å². The molecular weight excluding hydrogens is 484 g/mol. The molecule has 0 amide bonds. The van der Waals surface area contributed by atoms with Crippen LogP contribution in [-0.2, 0) is 16.2 Å². The Morgan fingerprint density at radius 2 is 1.72 bits per heavy atom. The standard InChI is InChI=1S/C9H13N5O4.C9H15N5O4/c10-9-12-7-6(8(17)13-9)11-3-14(7)4-18-5(1-15)2-16;10-9-12-7-6(8(17)13-9)11-3-14(7)4-18-5(16)1-2-15/h3,5,15-16H,1-2,4H2,(H3,10,12,13,17);5,11,15-16H,1-4H2,(H3,10,12,13,17). The normalized spacial score (nSPS) is 13.4. The Bertz CT molecular complexity index is 1260. The van der Waals surface area contributed by atoms with E-state index in [2.05, 4.69) is 30.2 Å². The second-order valence-electron chi connectivity index (χ2n) is 7.41. The van der Waals surface area contributed by atoms with Gasteiger partial charge in [-0.2, -0.15) is 9.97 Å². The predicted molar refractivity (Wildman–Crippen MR) is 126 cm³/mol. The highest BCUT2D eigenvalue weighted by molar-refractivity contribution is 5.71. The number of hydrogen-bond donors (Lipinski definition) is 9. The summed E-state index contributed by atoms with van der Waals surface area (Å²) in [7, 11) is 0. The first-order chi connectivity index (χ1) is 17.3. The maximum atomic E-state index is 11.5. The number of nitrogens with one attached hydrogen (secondary N) is 3. The van der Waals surface area contributed by atoms with E-state index < -0.39 is 18.0 Å². The Labute approximate surface area is 202 Å². The van der Waals surface area contributed by atoms with Gasteiger partial charge in [-0.15, -0.1) is 0 Å². The van der Waals surface area contributed by atoms with Crippen molar-refractivity contribution in [2.45, 2.75) is 25.5 Å². The van der Waals surface area contributed by atoms with E-state index in [9.17, 15) is 14.7 Å². The Hall–Kier alpha value is -3.81. The van der Waals surface area contributed by atoms with E-state index in [1.165, 1.54) is 10.9 Å². The van der Waals surface area contributed by atoms with Crippen molar-refractivity contribution >= 4 is 34.6 Å². The van der Waals surface area contributed by atoms with Gasteiger partial charge in [0, 0.05) is 13.0 Å². The lowest BCUT2D eigenvalue weighted by Crippen LogP contribution is -2.30. The van der Waals surface area contributed by atoms with E-state index in [1.54, 1.807) is 4.90 Å². The van der Waals surface area contributed by atoms with Crippen molar-refractivity contribution in [1.82, 2.24) is 29.5 Å². The van der Waals surface area contributed by atoms with Crippen molar-refractivity contribution < 1.29 is 29.9 Å². The van der Waals surface area contributed by atoms with Crippen molar-refractivity contribution in [2.75, 3.05) is 54.9 Å². The summed E-state index contributed by atoms with van der Waals surface area (Å²) in [6.45, 7) is -0.407. The summed E-state index contributed by atoms with van der Waals surface area (Å²) in [6.07, 6.45) is -0.253. The van der Waals surface area contributed by atoms with E-state index in [0.717, 1.165) is 0 Å². The van der Waals surface area contributed by atoms with Gasteiger partial charge in [-0.3, -0.25) is 24.1 Å². The number of rotatable bonds is 10. The van der Waals surface area contributed by atoms with Crippen LogP contribution in [0.4, 0.5) is 23.4 Å². The monoisotopic (exact) mass is 512 g/mol. The molecule has 0 radical (unpaired) electrons. The molecule has 1 unspecified atom stereocenters. The maximum Gasteiger partial charge on any atom is 0.280 e. The number of nitrogen functional groups attached to an aromatic ring is 2. The maximum absolute atomic E-state index is 11.5. The number of anilines is 4. The number of imidazole rings is 1. The topological polar surface area (TPSA) is 276 Å². The van der Waals surface area contributed by atoms with Gasteiger partial charge < -0.3 is 51.6 Å². The molecule has 18 heteroatoms. The van der Waals surface area contributed by atoms with Crippen LogP contribution in [0.3, 0.4) is 0 Å². The molecule has 3 aromatic rings. The summed E-state index contributed by atoms with van der Waals surface area (Å²) in [5, 5.41) is 38.5. The van der Waals surface area contributed by atoms with Crippen LogP contribution >= 0.6 is 0 Å². The summed E-state index contributed by atoms with van der Waals surface area (Å²) in [5.74, 6) is 0.380. The van der Waals surface area contributed by atoms with Crippen LogP contribution in [0.15, 0.2) is 15.9 Å². The molecule has 36 heavy (non-hydrogen) atoms. The second-order valence-corrected chi connectivity index (χ2v) is 7.41. The molecule has 1 atom stereocenters. The lowest BCUT2D eigenvalue weighted by Gasteiger charge is -2.19. The van der Waals surface area contributed by atoms with Gasteiger partial charge in [0.25, 0.3) is 11.1 Å². The number of aliphatic hydroxyl groups is 4. The Balaban J connectivity index is 0.000000201. The molecule has 4 heterocycles. The number of nitrogens with two attached hydrogens (primary N) is 2. The number of ether oxygens (including phenoxy) is 2. The minimum Gasteiger partial charge on any atom is -0.396 e. The number of nitrogens with zero attached hydrogens (tertiary/aromatic N) is 5. The molecule has 3 aromatic heterocycles. The molecule has 4 rings (SSSR count). The molecule has 11 N–H and O–H groups in total. The van der Waals surface area contributed by atoms with Gasteiger partial charge in [0.15, 0.2) is 23.3 Å². The Morgan fingerprint density at radius 1 is 1.03 bits per heavy atom. The number of hydrogen-bond acceptors (Lipinski definition) is 15. The zero-order valence-electron chi connectivity index (χ0n) is 19.0. The minimum absolute atomic E-state index is 0.00181. The first-order valence-electron chi connectivity index (χ1n) is 10.6. The first-order valence-corrected chi connectivity index (χ1v) is 10.6. The Morgan fingerprint density at radius 3 is 2.42 bits per heavy atom. The Kier molecular flexibility index (Phi) is 9.11. The van der Waals surface area contributed by atoms with Crippen LogP contribution in [0, 0.1) is 0 Å². The molecule has 0 bridgehead atoms. The zero-order valence-corrected chi connectivity index (χ0v) is 19.0. The van der Waals surface area contributed by atoms with Crippen molar-refractivity contribution in [1.29, 1.82) is 0 Å². The minimum atomic E-state index is -1.06. The molecule has 0 saturated heterocycles. The highest BCUT2D eigenvalue weighted by Gasteiger charge is 2.24. The molecule has 1 aliphatic heterocycles. The van der Waals surface area contributed by atoms with Crippen LogP contribution in [0.2, 0.25) is 0 Å². The SMILES string of the molecule is Nc1nc2c(c(=O)[nH]1)NCN2COC(O)CCO.Nc1nc2c(ncn2COC(CO)CO)c(=O)[nH]1. The van der Waals surface area contributed by atoms with Crippen molar-refractivity contribution in [3.63, 3.8) is 0 Å². The summed E-state index contributed by atoms with van der Waals surface area (Å²) in [4.78, 5) is 41.2. The number of H-pyrrole nitrogens is 2. The summed E-state index contributed by atoms with van der Waals surface area (Å²) >= 11 is 0. The van der Waals surface area contributed by atoms with Gasteiger partial charge in [0.2, 0.25) is 11.9 Å². The predicted octanol–water partition coefficient (Wildman–Crippen LogP) is -3.75. The van der Waals surface area contributed by atoms with Gasteiger partial charge in [-0.1, -0.05) is 0 Å². The van der Waals surface area contributed by atoms with Crippen LogP contribution in [0.25, 0.3) is 11.2 Å². The average Bonchev–Trinajstić information content (AvgIpc) is 3.43. The fourth-order valence-corrected chi connectivity index (χ4v) is 3.01. The molecule has 198 valence electrons. The molecule has 0 aliphatic carbocycles. The third kappa shape index (κ3) is 6.44. The zero-order chi connectivity index (χ0) is 26.2. The van der Waals surface area contributed by atoms with Crippen molar-refractivity contribution in [2.24, 2.45) is 0 Å². The highest BCUT2D eigenvalue weighted by atomic mass is 16.6. The van der Waals surface area contributed by atoms with Gasteiger partial charge in [-0.25, -0.2) is 4.98 Å². The van der Waals surface area contributed by atoms with Crippen LogP contribution < -0.4 is 32.8 Å². The van der Waals surface area contributed by atoms with Crippen LogP contribution in [0.1, 0.15) is 6.42 Å². The third-order valence-electron chi connectivity index (χ3n) is 4.81. The molecule has 0 aromatic carbocycles. The van der Waals surface area contributed by atoms with E-state index in [0.29, 0.717) is 18.2 Å². The third-order valence-corrected chi connectivity index (χ3v) is 4.81. The second kappa shape index (κ2) is 12.2. The number of fused-ring (bicyclic) bond motifs is 2. The fraction of sp³-hybridized carbons (Fsp3) is 0.500. The number of aromatic amines is 2. The molecule has 1 aliphatic rings.